The smallest absolute Gasteiger partial charge is 0.272 e. The number of hydrogen-bond donors (Lipinski definition) is 1. The second-order valence-electron chi connectivity index (χ2n) is 6.79. The third-order valence-corrected chi connectivity index (χ3v) is 4.66. The molecule has 0 aliphatic carbocycles. The monoisotopic (exact) mass is 401 g/mol. The van der Waals surface area contributed by atoms with Crippen LogP contribution in [0.2, 0.25) is 0 Å². The molecule has 0 spiro atoms. The molecule has 0 aliphatic rings. The lowest BCUT2D eigenvalue weighted by Gasteiger charge is -2.07. The fraction of sp³-hybridized carbons (Fsp3) is 0.174. The first-order chi connectivity index (χ1) is 14.7. The number of aryl methyl sites for hydroxylation is 1. The number of ether oxygens (including phenoxy) is 1. The SMILES string of the molecule is CCn1cc(CNC(=O)c2ccn(COc3ccc(-c4ccccc4)cc3)n2)cn1. The number of hydrogen-bond acceptors (Lipinski definition) is 4. The summed E-state index contributed by atoms with van der Waals surface area (Å²) < 4.78 is 9.19. The molecular weight excluding hydrogens is 378 g/mol. The summed E-state index contributed by atoms with van der Waals surface area (Å²) in [6.07, 6.45) is 5.39. The Morgan fingerprint density at radius 2 is 1.77 bits per heavy atom. The molecular formula is C23H23N5O2. The van der Waals surface area contributed by atoms with E-state index in [0.29, 0.717) is 12.2 Å². The number of amides is 1. The summed E-state index contributed by atoms with van der Waals surface area (Å²) in [5, 5.41) is 11.3. The average Bonchev–Trinajstić information content (AvgIpc) is 3.47. The molecule has 0 aliphatic heterocycles. The van der Waals surface area contributed by atoms with Crippen molar-refractivity contribution in [1.29, 1.82) is 0 Å². The summed E-state index contributed by atoms with van der Waals surface area (Å²) in [6.45, 7) is 3.45. The van der Waals surface area contributed by atoms with E-state index < -0.39 is 0 Å². The molecule has 4 rings (SSSR count). The van der Waals surface area contributed by atoms with E-state index in [0.717, 1.165) is 29.0 Å². The van der Waals surface area contributed by atoms with Gasteiger partial charge in [-0.25, -0.2) is 4.68 Å². The number of carbonyl (C=O) groups is 1. The van der Waals surface area contributed by atoms with Gasteiger partial charge in [0.2, 0.25) is 0 Å². The molecule has 0 unspecified atom stereocenters. The van der Waals surface area contributed by atoms with Crippen LogP contribution in [0.1, 0.15) is 23.0 Å². The van der Waals surface area contributed by atoms with Crippen molar-refractivity contribution in [2.75, 3.05) is 0 Å². The Morgan fingerprint density at radius 3 is 2.50 bits per heavy atom. The van der Waals surface area contributed by atoms with Crippen LogP contribution in [0.15, 0.2) is 79.3 Å². The van der Waals surface area contributed by atoms with Crippen LogP contribution in [0.5, 0.6) is 5.75 Å². The Balaban J connectivity index is 1.29. The molecule has 30 heavy (non-hydrogen) atoms. The second kappa shape index (κ2) is 9.09. The number of benzene rings is 2. The zero-order valence-corrected chi connectivity index (χ0v) is 16.7. The highest BCUT2D eigenvalue weighted by atomic mass is 16.5. The predicted octanol–water partition coefficient (Wildman–Crippen LogP) is 3.73. The van der Waals surface area contributed by atoms with Crippen molar-refractivity contribution >= 4 is 5.91 Å². The van der Waals surface area contributed by atoms with Gasteiger partial charge in [0.1, 0.15) is 11.4 Å². The maximum Gasteiger partial charge on any atom is 0.272 e. The lowest BCUT2D eigenvalue weighted by atomic mass is 10.1. The number of carbonyl (C=O) groups excluding carboxylic acids is 1. The lowest BCUT2D eigenvalue weighted by molar-refractivity contribution is 0.0944. The normalized spacial score (nSPS) is 10.7. The summed E-state index contributed by atoms with van der Waals surface area (Å²) in [4.78, 5) is 12.3. The van der Waals surface area contributed by atoms with Crippen LogP contribution in [-0.4, -0.2) is 25.5 Å². The first kappa shape index (κ1) is 19.4. The van der Waals surface area contributed by atoms with Gasteiger partial charge >= 0.3 is 0 Å². The average molecular weight is 401 g/mol. The van der Waals surface area contributed by atoms with E-state index in [9.17, 15) is 4.79 Å². The lowest BCUT2D eigenvalue weighted by Crippen LogP contribution is -2.23. The Labute approximate surface area is 174 Å². The summed E-state index contributed by atoms with van der Waals surface area (Å²) in [5.41, 5.74) is 3.59. The van der Waals surface area contributed by atoms with Crippen molar-refractivity contribution in [2.45, 2.75) is 26.7 Å². The molecule has 7 nitrogen and oxygen atoms in total. The molecule has 0 saturated heterocycles. The Morgan fingerprint density at radius 1 is 1.00 bits per heavy atom. The third-order valence-electron chi connectivity index (χ3n) is 4.66. The number of rotatable bonds is 8. The number of nitrogens with zero attached hydrogens (tertiary/aromatic N) is 4. The van der Waals surface area contributed by atoms with Gasteiger partial charge < -0.3 is 10.1 Å². The Kier molecular flexibility index (Phi) is 5.89. The van der Waals surface area contributed by atoms with Crippen LogP contribution in [-0.2, 0) is 19.8 Å². The molecule has 0 fully saturated rings. The van der Waals surface area contributed by atoms with Crippen molar-refractivity contribution in [1.82, 2.24) is 24.9 Å². The van der Waals surface area contributed by atoms with Crippen molar-refractivity contribution < 1.29 is 9.53 Å². The molecule has 2 aromatic heterocycles. The molecule has 0 radical (unpaired) electrons. The van der Waals surface area contributed by atoms with E-state index in [1.807, 2.05) is 60.3 Å². The van der Waals surface area contributed by atoms with E-state index in [2.05, 4.69) is 27.6 Å². The van der Waals surface area contributed by atoms with E-state index in [4.69, 9.17) is 4.74 Å². The molecule has 1 amide bonds. The minimum Gasteiger partial charge on any atom is -0.471 e. The maximum atomic E-state index is 12.3. The summed E-state index contributed by atoms with van der Waals surface area (Å²) in [5.74, 6) is 0.509. The Bertz CT molecular complexity index is 1100. The summed E-state index contributed by atoms with van der Waals surface area (Å²) >= 11 is 0. The van der Waals surface area contributed by atoms with Gasteiger partial charge in [-0.15, -0.1) is 0 Å². The van der Waals surface area contributed by atoms with E-state index in [1.54, 1.807) is 23.1 Å². The highest BCUT2D eigenvalue weighted by molar-refractivity contribution is 5.92. The van der Waals surface area contributed by atoms with E-state index in [1.165, 1.54) is 0 Å². The van der Waals surface area contributed by atoms with Crippen LogP contribution in [0.3, 0.4) is 0 Å². The zero-order chi connectivity index (χ0) is 20.8. The van der Waals surface area contributed by atoms with Crippen molar-refractivity contribution in [2.24, 2.45) is 0 Å². The number of aromatic nitrogens is 4. The van der Waals surface area contributed by atoms with Gasteiger partial charge in [-0.2, -0.15) is 10.2 Å². The fourth-order valence-electron chi connectivity index (χ4n) is 3.01. The van der Waals surface area contributed by atoms with Gasteiger partial charge in [-0.05, 0) is 36.2 Å². The standard InChI is InChI=1S/C23H23N5O2/c1-2-27-16-18(15-25-27)14-24-23(29)22-12-13-28(26-22)17-30-21-10-8-20(9-11-21)19-6-4-3-5-7-19/h3-13,15-16H,2,14,17H2,1H3,(H,24,29). The van der Waals surface area contributed by atoms with E-state index in [-0.39, 0.29) is 12.6 Å². The fourth-order valence-corrected chi connectivity index (χ4v) is 3.01. The second-order valence-corrected chi connectivity index (χ2v) is 6.79. The molecule has 0 atom stereocenters. The molecule has 0 saturated carbocycles. The molecule has 4 aromatic rings. The summed E-state index contributed by atoms with van der Waals surface area (Å²) in [7, 11) is 0. The minimum absolute atomic E-state index is 0.223. The number of nitrogens with one attached hydrogen (secondary N) is 1. The first-order valence-corrected chi connectivity index (χ1v) is 9.82. The van der Waals surface area contributed by atoms with Gasteiger partial charge in [-0.1, -0.05) is 42.5 Å². The van der Waals surface area contributed by atoms with E-state index >= 15 is 0 Å². The van der Waals surface area contributed by atoms with Crippen LogP contribution in [0, 0.1) is 0 Å². The van der Waals surface area contributed by atoms with Crippen molar-refractivity contribution in [3.8, 4) is 16.9 Å². The van der Waals surface area contributed by atoms with Crippen molar-refractivity contribution in [3.63, 3.8) is 0 Å². The first-order valence-electron chi connectivity index (χ1n) is 9.82. The van der Waals surface area contributed by atoms with Crippen LogP contribution in [0.4, 0.5) is 0 Å². The van der Waals surface area contributed by atoms with Gasteiger partial charge in [0.15, 0.2) is 6.73 Å². The maximum absolute atomic E-state index is 12.3. The quantitative estimate of drug-likeness (QED) is 0.488. The molecule has 0 bridgehead atoms. The molecule has 152 valence electrons. The minimum atomic E-state index is -0.231. The van der Waals surface area contributed by atoms with Gasteiger partial charge in [-0.3, -0.25) is 9.48 Å². The molecule has 7 heteroatoms. The largest absolute Gasteiger partial charge is 0.471 e. The topological polar surface area (TPSA) is 74.0 Å². The molecule has 2 heterocycles. The van der Waals surface area contributed by atoms with Gasteiger partial charge in [0.25, 0.3) is 5.91 Å². The van der Waals surface area contributed by atoms with Crippen LogP contribution >= 0.6 is 0 Å². The van der Waals surface area contributed by atoms with Crippen molar-refractivity contribution in [3.05, 3.63) is 90.5 Å². The molecule has 1 N–H and O–H groups in total. The predicted molar refractivity (Wildman–Crippen MR) is 114 cm³/mol. The summed E-state index contributed by atoms with van der Waals surface area (Å²) in [6, 6.07) is 19.7. The highest BCUT2D eigenvalue weighted by Gasteiger charge is 2.10. The van der Waals surface area contributed by atoms with Crippen LogP contribution < -0.4 is 10.1 Å². The van der Waals surface area contributed by atoms with Gasteiger partial charge in [0, 0.05) is 31.0 Å². The molecule has 2 aromatic carbocycles. The van der Waals surface area contributed by atoms with Gasteiger partial charge in [0.05, 0.1) is 6.20 Å². The highest BCUT2D eigenvalue weighted by Crippen LogP contribution is 2.22. The van der Waals surface area contributed by atoms with Crippen LogP contribution in [0.25, 0.3) is 11.1 Å². The third kappa shape index (κ3) is 4.75. The Hall–Kier alpha value is -3.87. The zero-order valence-electron chi connectivity index (χ0n) is 16.7.